The van der Waals surface area contributed by atoms with Crippen LogP contribution in [0.3, 0.4) is 0 Å². The zero-order chi connectivity index (χ0) is 13.9. The molecule has 0 heterocycles. The van der Waals surface area contributed by atoms with Gasteiger partial charge in [-0.2, -0.15) is 0 Å². The van der Waals surface area contributed by atoms with Crippen molar-refractivity contribution in [1.29, 1.82) is 0 Å². The van der Waals surface area contributed by atoms with Gasteiger partial charge >= 0.3 is 5.69 Å². The Bertz CT molecular complexity index is 491. The normalized spacial score (nSPS) is 9.05. The average Bonchev–Trinajstić information content (AvgIpc) is 2.12. The van der Waals surface area contributed by atoms with Crippen LogP contribution in [-0.2, 0) is 0 Å². The molecule has 19 heavy (non-hydrogen) atoms. The number of aromatic hydroxyl groups is 1. The molecule has 0 fully saturated rings. The van der Waals surface area contributed by atoms with Crippen LogP contribution in [-0.4, -0.2) is 25.7 Å². The highest BCUT2D eigenvalue weighted by Gasteiger charge is 2.26. The molecule has 0 saturated carbocycles. The van der Waals surface area contributed by atoms with Crippen LogP contribution in [0.2, 0.25) is 0 Å². The predicted molar refractivity (Wildman–Crippen MR) is 53.6 cm³/mol. The third-order valence-corrected chi connectivity index (χ3v) is 1.55. The third kappa shape index (κ3) is 3.93. The van der Waals surface area contributed by atoms with E-state index in [2.05, 4.69) is 9.68 Å². The molecule has 0 atom stereocenters. The average molecular weight is 279 g/mol. The molecule has 0 aliphatic heterocycles. The van der Waals surface area contributed by atoms with Gasteiger partial charge in [0.15, 0.2) is 0 Å². The highest BCUT2D eigenvalue weighted by atomic mass is 17.0. The van der Waals surface area contributed by atoms with Gasteiger partial charge in [0.25, 0.3) is 10.2 Å². The topological polar surface area (TPSA) is 200 Å². The summed E-state index contributed by atoms with van der Waals surface area (Å²) in [4.78, 5) is 37.3. The molecule has 0 aromatic heterocycles. The molecule has 0 amide bonds. The van der Waals surface area contributed by atoms with Gasteiger partial charge < -0.3 is 10.6 Å². The van der Waals surface area contributed by atoms with Crippen LogP contribution >= 0.6 is 0 Å². The lowest BCUT2D eigenvalue weighted by Crippen LogP contribution is -2.09. The molecule has 13 heteroatoms. The molecule has 1 aromatic rings. The summed E-state index contributed by atoms with van der Waals surface area (Å²) in [6, 6.07) is 1.10. The number of rotatable bonds is 5. The maximum Gasteiger partial charge on any atom is 0.329 e. The van der Waals surface area contributed by atoms with E-state index in [1.54, 1.807) is 0 Å². The SMILES string of the molecule is O.O=[N+]([O-])Oc1cc(O)cc(O[N+](=O)[O-])c1[N+](=O)[O-]. The molecular formula is C6H5N3O10. The lowest BCUT2D eigenvalue weighted by molar-refractivity contribution is -0.715. The van der Waals surface area contributed by atoms with Crippen LogP contribution in [0.1, 0.15) is 0 Å². The Morgan fingerprint density at radius 2 is 1.32 bits per heavy atom. The molecule has 104 valence electrons. The number of phenolic OH excluding ortho intramolecular Hbond substituents is 1. The molecule has 1 aromatic carbocycles. The molecule has 0 saturated heterocycles. The molecule has 1 rings (SSSR count). The summed E-state index contributed by atoms with van der Waals surface area (Å²) in [5, 5.41) is 37.2. The summed E-state index contributed by atoms with van der Waals surface area (Å²) in [6.07, 6.45) is 0. The van der Waals surface area contributed by atoms with E-state index < -0.39 is 38.0 Å². The van der Waals surface area contributed by atoms with Crippen molar-refractivity contribution in [2.75, 3.05) is 0 Å². The molecule has 0 unspecified atom stereocenters. The number of nitrogens with zero attached hydrogens (tertiary/aromatic N) is 3. The van der Waals surface area contributed by atoms with Crippen molar-refractivity contribution in [3.05, 3.63) is 42.5 Å². The molecule has 13 nitrogen and oxygen atoms in total. The number of phenols is 1. The van der Waals surface area contributed by atoms with E-state index in [0.717, 1.165) is 0 Å². The van der Waals surface area contributed by atoms with E-state index in [0.29, 0.717) is 12.1 Å². The predicted octanol–water partition coefficient (Wildman–Crippen LogP) is -0.383. The Labute approximate surface area is 102 Å². The summed E-state index contributed by atoms with van der Waals surface area (Å²) in [6.45, 7) is 0. The van der Waals surface area contributed by atoms with Crippen molar-refractivity contribution >= 4 is 5.69 Å². The Hall–Kier alpha value is -3.22. The first-order chi connectivity index (χ1) is 8.31. The summed E-state index contributed by atoms with van der Waals surface area (Å²) in [5.41, 5.74) is -1.15. The third-order valence-electron chi connectivity index (χ3n) is 1.55. The number of hydrogen-bond donors (Lipinski definition) is 1. The van der Waals surface area contributed by atoms with Gasteiger partial charge in [0.05, 0.1) is 4.92 Å². The highest BCUT2D eigenvalue weighted by Crippen LogP contribution is 2.40. The van der Waals surface area contributed by atoms with Crippen molar-refractivity contribution < 1.29 is 35.4 Å². The monoisotopic (exact) mass is 279 g/mol. The Kier molecular flexibility index (Phi) is 4.91. The van der Waals surface area contributed by atoms with Crippen molar-refractivity contribution in [1.82, 2.24) is 0 Å². The molecule has 0 aliphatic carbocycles. The van der Waals surface area contributed by atoms with Gasteiger partial charge in [-0.15, -0.1) is 20.2 Å². The van der Waals surface area contributed by atoms with Crippen LogP contribution in [0.25, 0.3) is 0 Å². The summed E-state index contributed by atoms with van der Waals surface area (Å²) < 4.78 is 0. The maximum atomic E-state index is 10.6. The second kappa shape index (κ2) is 5.92. The van der Waals surface area contributed by atoms with E-state index in [9.17, 15) is 30.3 Å². The van der Waals surface area contributed by atoms with Gasteiger partial charge in [0.2, 0.25) is 11.5 Å². The summed E-state index contributed by atoms with van der Waals surface area (Å²) in [5.74, 6) is -2.74. The molecular weight excluding hydrogens is 274 g/mol. The minimum Gasteiger partial charge on any atom is -0.508 e. The van der Waals surface area contributed by atoms with Gasteiger partial charge in [0.1, 0.15) is 5.75 Å². The van der Waals surface area contributed by atoms with Gasteiger partial charge in [0, 0.05) is 12.1 Å². The number of nitro benzene ring substituents is 1. The van der Waals surface area contributed by atoms with Crippen LogP contribution in [0, 0.1) is 30.3 Å². The first-order valence-electron chi connectivity index (χ1n) is 3.97. The Balaban J connectivity index is 0.00000324. The molecule has 0 radical (unpaired) electrons. The Morgan fingerprint density at radius 1 is 0.947 bits per heavy atom. The fraction of sp³-hybridized carbons (Fsp3) is 0. The van der Waals surface area contributed by atoms with E-state index in [-0.39, 0.29) is 5.48 Å². The fourth-order valence-corrected chi connectivity index (χ4v) is 1.05. The lowest BCUT2D eigenvalue weighted by Gasteiger charge is -2.05. The van der Waals surface area contributed by atoms with Crippen LogP contribution in [0.4, 0.5) is 5.69 Å². The largest absolute Gasteiger partial charge is 0.508 e. The van der Waals surface area contributed by atoms with E-state index in [4.69, 9.17) is 5.11 Å². The molecule has 3 N–H and O–H groups in total. The van der Waals surface area contributed by atoms with Crippen molar-refractivity contribution in [2.45, 2.75) is 0 Å². The van der Waals surface area contributed by atoms with E-state index in [1.165, 1.54) is 0 Å². The Morgan fingerprint density at radius 3 is 1.58 bits per heavy atom. The van der Waals surface area contributed by atoms with Gasteiger partial charge in [-0.25, -0.2) is 0 Å². The minimum atomic E-state index is -1.38. The smallest absolute Gasteiger partial charge is 0.329 e. The van der Waals surface area contributed by atoms with Crippen LogP contribution < -0.4 is 9.68 Å². The first kappa shape index (κ1) is 15.8. The van der Waals surface area contributed by atoms with Crippen molar-refractivity contribution in [2.24, 2.45) is 0 Å². The highest BCUT2D eigenvalue weighted by molar-refractivity contribution is 5.60. The number of hydrogen-bond acceptors (Lipinski definition) is 9. The minimum absolute atomic E-state index is 0. The van der Waals surface area contributed by atoms with E-state index >= 15 is 0 Å². The molecule has 0 aliphatic rings. The van der Waals surface area contributed by atoms with Gasteiger partial charge in [-0.05, 0) is 0 Å². The lowest BCUT2D eigenvalue weighted by atomic mass is 10.2. The summed E-state index contributed by atoms with van der Waals surface area (Å²) >= 11 is 0. The van der Waals surface area contributed by atoms with Crippen molar-refractivity contribution in [3.8, 4) is 17.2 Å². The quantitative estimate of drug-likeness (QED) is 0.550. The number of benzene rings is 1. The molecule has 0 bridgehead atoms. The zero-order valence-electron chi connectivity index (χ0n) is 8.71. The van der Waals surface area contributed by atoms with Gasteiger partial charge in [-0.3, -0.25) is 19.8 Å². The fourth-order valence-electron chi connectivity index (χ4n) is 1.05. The molecule has 0 spiro atoms. The van der Waals surface area contributed by atoms with Crippen LogP contribution in [0.5, 0.6) is 17.2 Å². The van der Waals surface area contributed by atoms with E-state index in [1.807, 2.05) is 0 Å². The standard InChI is InChI=1S/C6H3N3O9.H2O/c10-3-1-4(17-8(13)14)6(7(11)12)5(2-3)18-9(15)16;/h1-2,10H;1H2. The first-order valence-corrected chi connectivity index (χ1v) is 3.97. The zero-order valence-corrected chi connectivity index (χ0v) is 8.71. The van der Waals surface area contributed by atoms with Gasteiger partial charge in [-0.1, -0.05) is 0 Å². The second-order valence-corrected chi connectivity index (χ2v) is 2.68. The second-order valence-electron chi connectivity index (χ2n) is 2.68. The van der Waals surface area contributed by atoms with Crippen molar-refractivity contribution in [3.63, 3.8) is 0 Å². The maximum absolute atomic E-state index is 10.6. The van der Waals surface area contributed by atoms with Crippen LogP contribution in [0.15, 0.2) is 12.1 Å². The number of nitro groups is 1. The summed E-state index contributed by atoms with van der Waals surface area (Å²) in [7, 11) is 0.